The van der Waals surface area contributed by atoms with E-state index in [1.807, 2.05) is 6.07 Å². The number of alkyl halides is 3. The van der Waals surface area contributed by atoms with Crippen LogP contribution in [-0.4, -0.2) is 6.61 Å². The van der Waals surface area contributed by atoms with Crippen molar-refractivity contribution >= 4 is 11.0 Å². The molecule has 0 bridgehead atoms. The molecule has 0 radical (unpaired) electrons. The van der Waals surface area contributed by atoms with Crippen LogP contribution in [0.2, 0.25) is 0 Å². The zero-order chi connectivity index (χ0) is 19.8. The molecule has 27 heavy (non-hydrogen) atoms. The van der Waals surface area contributed by atoms with Gasteiger partial charge in [0, 0.05) is 6.07 Å². The fourth-order valence-electron chi connectivity index (χ4n) is 2.80. The molecule has 3 aromatic rings. The van der Waals surface area contributed by atoms with Gasteiger partial charge in [0.25, 0.3) is 5.76 Å². The predicted molar refractivity (Wildman–Crippen MR) is 94.6 cm³/mol. The summed E-state index contributed by atoms with van der Waals surface area (Å²) in [6.45, 7) is 5.63. The molecule has 0 aliphatic rings. The molecule has 0 amide bonds. The molecule has 0 aliphatic carbocycles. The summed E-state index contributed by atoms with van der Waals surface area (Å²) in [6.07, 6.45) is -4.90. The summed E-state index contributed by atoms with van der Waals surface area (Å²) in [6, 6.07) is 9.06. The van der Waals surface area contributed by atoms with Crippen molar-refractivity contribution in [3.8, 4) is 17.2 Å². The van der Waals surface area contributed by atoms with E-state index in [1.54, 1.807) is 32.9 Å². The Morgan fingerprint density at radius 2 is 1.67 bits per heavy atom. The van der Waals surface area contributed by atoms with Crippen molar-refractivity contribution in [2.75, 3.05) is 6.61 Å². The van der Waals surface area contributed by atoms with Crippen molar-refractivity contribution in [3.63, 3.8) is 0 Å². The first kappa shape index (κ1) is 18.8. The average molecular weight is 378 g/mol. The number of hydrogen-bond acceptors (Lipinski definition) is 4. The van der Waals surface area contributed by atoms with E-state index < -0.39 is 23.1 Å². The molecule has 0 aliphatic heterocycles. The molecule has 0 saturated heterocycles. The zero-order valence-corrected chi connectivity index (χ0v) is 14.9. The van der Waals surface area contributed by atoms with Crippen molar-refractivity contribution in [3.05, 3.63) is 63.5 Å². The molecular formula is C20H17F3O4. The lowest BCUT2D eigenvalue weighted by Gasteiger charge is -2.14. The van der Waals surface area contributed by atoms with Crippen LogP contribution in [0, 0.1) is 13.8 Å². The lowest BCUT2D eigenvalue weighted by atomic mass is 10.1. The monoisotopic (exact) mass is 378 g/mol. The Kier molecular flexibility index (Phi) is 4.87. The first-order chi connectivity index (χ1) is 12.7. The van der Waals surface area contributed by atoms with Crippen LogP contribution in [0.25, 0.3) is 11.0 Å². The Balaban J connectivity index is 2.22. The van der Waals surface area contributed by atoms with E-state index >= 15 is 0 Å². The number of aryl methyl sites for hydroxylation is 2. The molecule has 0 saturated carbocycles. The van der Waals surface area contributed by atoms with Crippen molar-refractivity contribution in [1.29, 1.82) is 0 Å². The first-order valence-corrected chi connectivity index (χ1v) is 8.26. The van der Waals surface area contributed by atoms with Crippen molar-refractivity contribution in [1.82, 2.24) is 0 Å². The zero-order valence-electron chi connectivity index (χ0n) is 14.9. The van der Waals surface area contributed by atoms with Gasteiger partial charge in [0.2, 0.25) is 11.2 Å². The van der Waals surface area contributed by atoms with E-state index in [0.29, 0.717) is 12.4 Å². The lowest BCUT2D eigenvalue weighted by molar-refractivity contribution is -0.154. The van der Waals surface area contributed by atoms with Gasteiger partial charge in [-0.1, -0.05) is 6.07 Å². The van der Waals surface area contributed by atoms with Gasteiger partial charge in [0.1, 0.15) is 17.1 Å². The topological polar surface area (TPSA) is 48.7 Å². The van der Waals surface area contributed by atoms with Gasteiger partial charge >= 0.3 is 6.18 Å². The van der Waals surface area contributed by atoms with Gasteiger partial charge in [-0.3, -0.25) is 4.79 Å². The summed E-state index contributed by atoms with van der Waals surface area (Å²) in [5.41, 5.74) is 0.479. The summed E-state index contributed by atoms with van der Waals surface area (Å²) in [5.74, 6) is -1.92. The number of benzene rings is 2. The smallest absolute Gasteiger partial charge is 0.453 e. The standard InChI is InChI=1S/C20H17F3O4/c1-4-25-13-5-6-15-16(10-13)27-19(20(21,22)23)18(17(15)24)26-14-8-11(2)7-12(3)9-14/h5-10H,4H2,1-3H3. The van der Waals surface area contributed by atoms with Crippen LogP contribution in [0.3, 0.4) is 0 Å². The van der Waals surface area contributed by atoms with E-state index in [0.717, 1.165) is 11.1 Å². The maximum absolute atomic E-state index is 13.5. The van der Waals surface area contributed by atoms with Gasteiger partial charge in [0.15, 0.2) is 0 Å². The Morgan fingerprint density at radius 1 is 1.00 bits per heavy atom. The Hall–Kier alpha value is -2.96. The molecule has 0 spiro atoms. The molecule has 0 atom stereocenters. The third-order valence-electron chi connectivity index (χ3n) is 3.81. The van der Waals surface area contributed by atoms with Crippen LogP contribution >= 0.6 is 0 Å². The Bertz CT molecular complexity index is 1030. The number of rotatable bonds is 4. The highest BCUT2D eigenvalue weighted by Gasteiger charge is 2.40. The molecular weight excluding hydrogens is 361 g/mol. The van der Waals surface area contributed by atoms with E-state index in [2.05, 4.69) is 0 Å². The SMILES string of the molecule is CCOc1ccc2c(=O)c(Oc3cc(C)cc(C)c3)c(C(F)(F)F)oc2c1. The van der Waals surface area contributed by atoms with Crippen molar-refractivity contribution in [2.24, 2.45) is 0 Å². The first-order valence-electron chi connectivity index (χ1n) is 8.26. The van der Waals surface area contributed by atoms with Crippen LogP contribution in [0.5, 0.6) is 17.2 Å². The maximum Gasteiger partial charge on any atom is 0.453 e. The minimum absolute atomic E-state index is 0.0224. The van der Waals surface area contributed by atoms with Crippen LogP contribution in [0.15, 0.2) is 45.6 Å². The maximum atomic E-state index is 13.5. The molecule has 142 valence electrons. The van der Waals surface area contributed by atoms with Gasteiger partial charge in [-0.2, -0.15) is 13.2 Å². The van der Waals surface area contributed by atoms with Gasteiger partial charge < -0.3 is 13.9 Å². The van der Waals surface area contributed by atoms with Gasteiger partial charge in [-0.15, -0.1) is 0 Å². The van der Waals surface area contributed by atoms with Crippen LogP contribution in [0.1, 0.15) is 23.8 Å². The third-order valence-corrected chi connectivity index (χ3v) is 3.81. The normalized spacial score (nSPS) is 11.6. The molecule has 2 aromatic carbocycles. The van der Waals surface area contributed by atoms with Crippen molar-refractivity contribution in [2.45, 2.75) is 26.9 Å². The second-order valence-electron chi connectivity index (χ2n) is 6.10. The van der Waals surface area contributed by atoms with Gasteiger partial charge in [-0.25, -0.2) is 0 Å². The molecule has 0 fully saturated rings. The minimum Gasteiger partial charge on any atom is -0.494 e. The fraction of sp³-hybridized carbons (Fsp3) is 0.250. The Morgan fingerprint density at radius 3 is 2.26 bits per heavy atom. The summed E-state index contributed by atoms with van der Waals surface area (Å²) < 4.78 is 56.2. The summed E-state index contributed by atoms with van der Waals surface area (Å²) in [5, 5.41) is -0.0224. The van der Waals surface area contributed by atoms with Gasteiger partial charge in [-0.05, 0) is 56.2 Å². The van der Waals surface area contributed by atoms with E-state index in [4.69, 9.17) is 13.9 Å². The molecule has 1 aromatic heterocycles. The third kappa shape index (κ3) is 3.92. The number of hydrogen-bond donors (Lipinski definition) is 0. The fourth-order valence-corrected chi connectivity index (χ4v) is 2.80. The largest absolute Gasteiger partial charge is 0.494 e. The highest BCUT2D eigenvalue weighted by atomic mass is 19.4. The predicted octanol–water partition coefficient (Wildman–Crippen LogP) is 5.62. The van der Waals surface area contributed by atoms with E-state index in [-0.39, 0.29) is 16.7 Å². The number of ether oxygens (including phenoxy) is 2. The molecule has 3 rings (SSSR count). The number of halogens is 3. The second-order valence-corrected chi connectivity index (χ2v) is 6.10. The van der Waals surface area contributed by atoms with E-state index in [9.17, 15) is 18.0 Å². The number of fused-ring (bicyclic) bond motifs is 1. The van der Waals surface area contributed by atoms with Gasteiger partial charge in [0.05, 0.1) is 12.0 Å². The lowest BCUT2D eigenvalue weighted by Crippen LogP contribution is -2.15. The summed E-state index contributed by atoms with van der Waals surface area (Å²) in [7, 11) is 0. The quantitative estimate of drug-likeness (QED) is 0.591. The minimum atomic E-state index is -4.90. The molecule has 0 unspecified atom stereocenters. The summed E-state index contributed by atoms with van der Waals surface area (Å²) >= 11 is 0. The molecule has 4 nitrogen and oxygen atoms in total. The summed E-state index contributed by atoms with van der Waals surface area (Å²) in [4.78, 5) is 12.7. The van der Waals surface area contributed by atoms with E-state index in [1.165, 1.54) is 18.2 Å². The van der Waals surface area contributed by atoms with Crippen molar-refractivity contribution < 1.29 is 27.1 Å². The molecule has 1 heterocycles. The van der Waals surface area contributed by atoms with Crippen LogP contribution < -0.4 is 14.9 Å². The highest BCUT2D eigenvalue weighted by molar-refractivity contribution is 5.79. The molecule has 7 heteroatoms. The average Bonchev–Trinajstić information content (AvgIpc) is 2.55. The Labute approximate surface area is 153 Å². The second kappa shape index (κ2) is 6.98. The molecule has 0 N–H and O–H groups in total. The van der Waals surface area contributed by atoms with Crippen LogP contribution in [0.4, 0.5) is 13.2 Å². The highest BCUT2D eigenvalue weighted by Crippen LogP contribution is 2.38. The van der Waals surface area contributed by atoms with Crippen LogP contribution in [-0.2, 0) is 6.18 Å².